The van der Waals surface area contributed by atoms with Crippen molar-refractivity contribution in [3.8, 4) is 0 Å². The molecular weight excluding hydrogens is 248 g/mol. The van der Waals surface area contributed by atoms with Crippen LogP contribution < -0.4 is 5.32 Å². The molecule has 0 aliphatic heterocycles. The van der Waals surface area contributed by atoms with Gasteiger partial charge in [-0.1, -0.05) is 18.9 Å². The van der Waals surface area contributed by atoms with Gasteiger partial charge < -0.3 is 10.1 Å². The van der Waals surface area contributed by atoms with Crippen LogP contribution in [0.4, 0.5) is 5.69 Å². The Balaban J connectivity index is 1.92. The van der Waals surface area contributed by atoms with Crippen molar-refractivity contribution in [1.82, 2.24) is 4.98 Å². The Morgan fingerprint density at radius 2 is 2.05 bits per heavy atom. The summed E-state index contributed by atoms with van der Waals surface area (Å²) in [5.41, 5.74) is 3.48. The van der Waals surface area contributed by atoms with E-state index in [0.29, 0.717) is 12.1 Å². The molecule has 1 N–H and O–H groups in total. The Kier molecular flexibility index (Phi) is 3.88. The van der Waals surface area contributed by atoms with E-state index in [1.54, 1.807) is 0 Å². The lowest BCUT2D eigenvalue weighted by molar-refractivity contribution is 0.0606. The average Bonchev–Trinajstić information content (AvgIpc) is 2.51. The smallest absolute Gasteiger partial charge is 0.0772 e. The summed E-state index contributed by atoms with van der Waals surface area (Å²) in [6.07, 6.45) is 7.05. The second kappa shape index (κ2) is 5.80. The largest absolute Gasteiger partial charge is 0.379 e. The van der Waals surface area contributed by atoms with Crippen LogP contribution in [0.1, 0.15) is 31.2 Å². The number of ether oxygens (including phenoxy) is 1. The van der Waals surface area contributed by atoms with Crippen LogP contribution in [0.25, 0.3) is 10.9 Å². The van der Waals surface area contributed by atoms with Crippen LogP contribution in [0.3, 0.4) is 0 Å². The summed E-state index contributed by atoms with van der Waals surface area (Å²) in [4.78, 5) is 4.50. The van der Waals surface area contributed by atoms with Gasteiger partial charge in [-0.3, -0.25) is 4.98 Å². The number of anilines is 1. The zero-order chi connectivity index (χ0) is 13.9. The number of nitrogens with zero attached hydrogens (tertiary/aromatic N) is 1. The lowest BCUT2D eigenvalue weighted by Gasteiger charge is -2.32. The van der Waals surface area contributed by atoms with Gasteiger partial charge in [0.1, 0.15) is 0 Å². The topological polar surface area (TPSA) is 34.1 Å². The maximum Gasteiger partial charge on any atom is 0.0772 e. The maximum atomic E-state index is 5.63. The first kappa shape index (κ1) is 13.4. The average molecular weight is 270 g/mol. The van der Waals surface area contributed by atoms with E-state index in [9.17, 15) is 0 Å². The van der Waals surface area contributed by atoms with E-state index in [1.165, 1.54) is 35.9 Å². The Bertz CT molecular complexity index is 597. The Labute approximate surface area is 120 Å². The number of fused-ring (bicyclic) bond motifs is 1. The summed E-state index contributed by atoms with van der Waals surface area (Å²) in [5, 5.41) is 4.89. The minimum Gasteiger partial charge on any atom is -0.379 e. The highest BCUT2D eigenvalue weighted by Crippen LogP contribution is 2.29. The molecule has 1 saturated carbocycles. The van der Waals surface area contributed by atoms with E-state index in [-0.39, 0.29) is 0 Å². The van der Waals surface area contributed by atoms with Gasteiger partial charge >= 0.3 is 0 Å². The molecule has 1 aliphatic carbocycles. The molecule has 0 amide bonds. The van der Waals surface area contributed by atoms with Crippen molar-refractivity contribution < 1.29 is 4.74 Å². The number of hydrogen-bond donors (Lipinski definition) is 1. The van der Waals surface area contributed by atoms with Crippen molar-refractivity contribution in [3.05, 3.63) is 36.0 Å². The third-order valence-electron chi connectivity index (χ3n) is 4.32. The summed E-state index contributed by atoms with van der Waals surface area (Å²) >= 11 is 0. The molecule has 106 valence electrons. The number of hydrogen-bond acceptors (Lipinski definition) is 3. The summed E-state index contributed by atoms with van der Waals surface area (Å²) in [6, 6.07) is 8.85. The van der Waals surface area contributed by atoms with Gasteiger partial charge in [0.2, 0.25) is 0 Å². The van der Waals surface area contributed by atoms with E-state index in [1.807, 2.05) is 19.4 Å². The molecule has 0 spiro atoms. The molecule has 1 fully saturated rings. The predicted octanol–water partition coefficient (Wildman–Crippen LogP) is 3.91. The number of aryl methyl sites for hydroxylation is 1. The lowest BCUT2D eigenvalue weighted by Crippen LogP contribution is -2.37. The van der Waals surface area contributed by atoms with E-state index in [2.05, 4.69) is 35.4 Å². The van der Waals surface area contributed by atoms with Crippen molar-refractivity contribution in [3.63, 3.8) is 0 Å². The third-order valence-corrected chi connectivity index (χ3v) is 4.32. The molecule has 2 atom stereocenters. The molecule has 1 aromatic carbocycles. The van der Waals surface area contributed by atoms with Crippen LogP contribution in [0.5, 0.6) is 0 Å². The molecule has 3 nitrogen and oxygen atoms in total. The number of methoxy groups -OCH3 is 1. The van der Waals surface area contributed by atoms with Crippen molar-refractivity contribution in [1.29, 1.82) is 0 Å². The van der Waals surface area contributed by atoms with Crippen LogP contribution in [-0.2, 0) is 4.74 Å². The van der Waals surface area contributed by atoms with Crippen molar-refractivity contribution in [2.75, 3.05) is 12.4 Å². The molecule has 0 radical (unpaired) electrons. The van der Waals surface area contributed by atoms with E-state index in [0.717, 1.165) is 11.9 Å². The van der Waals surface area contributed by atoms with Gasteiger partial charge in [0.15, 0.2) is 0 Å². The molecule has 2 aromatic rings. The van der Waals surface area contributed by atoms with Crippen molar-refractivity contribution in [2.45, 2.75) is 44.8 Å². The van der Waals surface area contributed by atoms with Crippen LogP contribution in [0, 0.1) is 6.92 Å². The highest BCUT2D eigenvalue weighted by Gasteiger charge is 2.25. The Morgan fingerprint density at radius 1 is 1.20 bits per heavy atom. The van der Waals surface area contributed by atoms with Gasteiger partial charge in [-0.05, 0) is 43.5 Å². The molecule has 3 rings (SSSR count). The van der Waals surface area contributed by atoms with Crippen LogP contribution in [0.2, 0.25) is 0 Å². The number of pyridine rings is 1. The SMILES string of the molecule is COC1CCCCC1Nc1ccc(C)c2ncccc12. The van der Waals surface area contributed by atoms with Gasteiger partial charge in [0, 0.05) is 24.4 Å². The minimum atomic E-state index is 0.316. The predicted molar refractivity (Wildman–Crippen MR) is 83.2 cm³/mol. The standard InChI is InChI=1S/C17H22N2O/c1-12-9-10-14(13-6-5-11-18-17(12)13)19-15-7-3-4-8-16(15)20-2/h5-6,9-11,15-16,19H,3-4,7-8H2,1-2H3. The zero-order valence-corrected chi connectivity index (χ0v) is 12.2. The summed E-state index contributed by atoms with van der Waals surface area (Å²) < 4.78 is 5.63. The number of aromatic nitrogens is 1. The minimum absolute atomic E-state index is 0.316. The van der Waals surface area contributed by atoms with Gasteiger partial charge in [-0.25, -0.2) is 0 Å². The van der Waals surface area contributed by atoms with Crippen molar-refractivity contribution in [2.24, 2.45) is 0 Å². The third kappa shape index (κ3) is 2.50. The number of rotatable bonds is 3. The summed E-state index contributed by atoms with van der Waals surface area (Å²) in [6.45, 7) is 2.11. The first-order valence-corrected chi connectivity index (χ1v) is 7.43. The molecule has 1 aliphatic rings. The fourth-order valence-electron chi connectivity index (χ4n) is 3.18. The molecule has 3 heteroatoms. The second-order valence-corrected chi connectivity index (χ2v) is 5.64. The van der Waals surface area contributed by atoms with Crippen LogP contribution >= 0.6 is 0 Å². The molecule has 1 aromatic heterocycles. The first-order valence-electron chi connectivity index (χ1n) is 7.43. The molecule has 1 heterocycles. The van der Waals surface area contributed by atoms with Gasteiger partial charge in [-0.2, -0.15) is 0 Å². The van der Waals surface area contributed by atoms with Crippen LogP contribution in [0.15, 0.2) is 30.5 Å². The first-order chi connectivity index (χ1) is 9.79. The fraction of sp³-hybridized carbons (Fsp3) is 0.471. The zero-order valence-electron chi connectivity index (χ0n) is 12.2. The Hall–Kier alpha value is -1.61. The quantitative estimate of drug-likeness (QED) is 0.918. The molecule has 0 saturated heterocycles. The molecule has 20 heavy (non-hydrogen) atoms. The monoisotopic (exact) mass is 270 g/mol. The van der Waals surface area contributed by atoms with E-state index in [4.69, 9.17) is 4.74 Å². The highest BCUT2D eigenvalue weighted by molar-refractivity contribution is 5.93. The normalized spacial score (nSPS) is 22.9. The van der Waals surface area contributed by atoms with Crippen molar-refractivity contribution >= 4 is 16.6 Å². The van der Waals surface area contributed by atoms with E-state index < -0.39 is 0 Å². The lowest BCUT2D eigenvalue weighted by atomic mass is 9.92. The summed E-state index contributed by atoms with van der Waals surface area (Å²) in [7, 11) is 1.82. The number of nitrogens with one attached hydrogen (secondary N) is 1. The second-order valence-electron chi connectivity index (χ2n) is 5.64. The molecule has 2 unspecified atom stereocenters. The molecule has 0 bridgehead atoms. The van der Waals surface area contributed by atoms with Gasteiger partial charge in [0.25, 0.3) is 0 Å². The molecular formula is C17H22N2O. The summed E-state index contributed by atoms with van der Waals surface area (Å²) in [5.74, 6) is 0. The Morgan fingerprint density at radius 3 is 2.90 bits per heavy atom. The van der Waals surface area contributed by atoms with Gasteiger partial charge in [0.05, 0.1) is 17.7 Å². The number of benzene rings is 1. The van der Waals surface area contributed by atoms with Crippen LogP contribution in [-0.4, -0.2) is 24.2 Å². The van der Waals surface area contributed by atoms with E-state index >= 15 is 0 Å². The van der Waals surface area contributed by atoms with Gasteiger partial charge in [-0.15, -0.1) is 0 Å². The fourth-order valence-corrected chi connectivity index (χ4v) is 3.18. The maximum absolute atomic E-state index is 5.63. The highest BCUT2D eigenvalue weighted by atomic mass is 16.5.